The number of halogens is 5. The van der Waals surface area contributed by atoms with Crippen LogP contribution in [-0.4, -0.2) is 8.42 Å². The van der Waals surface area contributed by atoms with Crippen molar-refractivity contribution in [1.29, 1.82) is 5.26 Å². The van der Waals surface area contributed by atoms with E-state index in [2.05, 4.69) is 0 Å². The van der Waals surface area contributed by atoms with Gasteiger partial charge in [0.15, 0.2) is 0 Å². The van der Waals surface area contributed by atoms with E-state index < -0.39 is 36.3 Å². The Balaban J connectivity index is 3.68. The van der Waals surface area contributed by atoms with Gasteiger partial charge < -0.3 is 0 Å². The third-order valence-corrected chi connectivity index (χ3v) is 3.54. The predicted molar refractivity (Wildman–Crippen MR) is 54.2 cm³/mol. The number of nitriles is 1. The van der Waals surface area contributed by atoms with Gasteiger partial charge in [0.25, 0.3) is 9.05 Å². The molecule has 0 spiro atoms. The molecule has 0 fully saturated rings. The predicted octanol–water partition coefficient (Wildman–Crippen LogP) is 3.16. The summed E-state index contributed by atoms with van der Waals surface area (Å²) >= 11 is 5.34. The maximum absolute atomic E-state index is 12.4. The molecule has 0 aliphatic heterocycles. The number of hydrogen-bond donors (Lipinski definition) is 0. The number of hydrogen-bond acceptors (Lipinski definition) is 3. The molecule has 0 unspecified atom stereocenters. The average molecular weight is 304 g/mol. The number of alkyl halides is 3. The third-order valence-electron chi connectivity index (χ3n) is 1.78. The quantitative estimate of drug-likeness (QED) is 0.749. The maximum Gasteiger partial charge on any atom is 0.417 e. The van der Waals surface area contributed by atoms with Crippen LogP contribution >= 0.6 is 22.3 Å². The minimum atomic E-state index is -4.78. The second-order valence-corrected chi connectivity index (χ2v) is 5.76. The Morgan fingerprint density at radius 3 is 2.18 bits per heavy atom. The molecule has 0 radical (unpaired) electrons. The largest absolute Gasteiger partial charge is 0.417 e. The first-order chi connectivity index (χ1) is 7.59. The number of rotatable bonds is 1. The highest BCUT2D eigenvalue weighted by Crippen LogP contribution is 2.38. The normalized spacial score (nSPS) is 12.2. The smallest absolute Gasteiger partial charge is 0.207 e. The molecular weight excluding hydrogens is 302 g/mol. The molecule has 0 aromatic heterocycles. The highest BCUT2D eigenvalue weighted by atomic mass is 35.7. The summed E-state index contributed by atoms with van der Waals surface area (Å²) in [6.07, 6.45) is -4.78. The second kappa shape index (κ2) is 4.37. The summed E-state index contributed by atoms with van der Waals surface area (Å²) in [6.45, 7) is 0. The van der Waals surface area contributed by atoms with Gasteiger partial charge in [-0.15, -0.1) is 0 Å². The molecule has 0 atom stereocenters. The van der Waals surface area contributed by atoms with Crippen LogP contribution in [-0.2, 0) is 15.2 Å². The Morgan fingerprint density at radius 2 is 1.82 bits per heavy atom. The van der Waals surface area contributed by atoms with Crippen LogP contribution < -0.4 is 0 Å². The zero-order valence-corrected chi connectivity index (χ0v) is 10.0. The zero-order valence-electron chi connectivity index (χ0n) is 7.72. The Morgan fingerprint density at radius 1 is 1.29 bits per heavy atom. The molecule has 0 heterocycles. The summed E-state index contributed by atoms with van der Waals surface area (Å²) in [5, 5.41) is 7.64. The highest BCUT2D eigenvalue weighted by Gasteiger charge is 2.35. The van der Waals surface area contributed by atoms with Gasteiger partial charge >= 0.3 is 6.18 Å². The van der Waals surface area contributed by atoms with Crippen LogP contribution in [0.2, 0.25) is 5.02 Å². The molecule has 17 heavy (non-hydrogen) atoms. The number of nitrogens with zero attached hydrogens (tertiary/aromatic N) is 1. The van der Waals surface area contributed by atoms with E-state index in [1.54, 1.807) is 0 Å². The van der Waals surface area contributed by atoms with Gasteiger partial charge in [-0.1, -0.05) is 11.6 Å². The summed E-state index contributed by atoms with van der Waals surface area (Å²) in [7, 11) is 0.630. The Labute approximate surface area is 104 Å². The van der Waals surface area contributed by atoms with E-state index in [4.69, 9.17) is 27.5 Å². The van der Waals surface area contributed by atoms with E-state index in [1.807, 2.05) is 0 Å². The third kappa shape index (κ3) is 2.83. The molecule has 1 aromatic rings. The van der Waals surface area contributed by atoms with Crippen LogP contribution in [0.15, 0.2) is 17.0 Å². The topological polar surface area (TPSA) is 57.9 Å². The van der Waals surface area contributed by atoms with E-state index in [0.29, 0.717) is 12.1 Å². The van der Waals surface area contributed by atoms with Gasteiger partial charge in [-0.2, -0.15) is 18.4 Å². The Kier molecular flexibility index (Phi) is 3.62. The molecule has 0 N–H and O–H groups in total. The van der Waals surface area contributed by atoms with E-state index in [9.17, 15) is 21.6 Å². The van der Waals surface area contributed by atoms with E-state index in [-0.39, 0.29) is 0 Å². The van der Waals surface area contributed by atoms with Gasteiger partial charge in [-0.05, 0) is 12.1 Å². The fourth-order valence-electron chi connectivity index (χ4n) is 1.08. The molecule has 1 rings (SSSR count). The maximum atomic E-state index is 12.4. The van der Waals surface area contributed by atoms with Crippen molar-refractivity contribution in [2.75, 3.05) is 0 Å². The van der Waals surface area contributed by atoms with Crippen LogP contribution in [0.3, 0.4) is 0 Å². The van der Waals surface area contributed by atoms with Crippen molar-refractivity contribution in [3.05, 3.63) is 28.3 Å². The van der Waals surface area contributed by atoms with Crippen LogP contribution in [0.4, 0.5) is 13.2 Å². The van der Waals surface area contributed by atoms with Crippen LogP contribution in [0.25, 0.3) is 0 Å². The summed E-state index contributed by atoms with van der Waals surface area (Å²) in [5.41, 5.74) is -2.11. The fraction of sp³-hybridized carbons (Fsp3) is 0.125. The molecule has 0 amide bonds. The van der Waals surface area contributed by atoms with Crippen LogP contribution in [0.5, 0.6) is 0 Å². The van der Waals surface area contributed by atoms with Crippen molar-refractivity contribution in [2.24, 2.45) is 0 Å². The summed E-state index contributed by atoms with van der Waals surface area (Å²) < 4.78 is 59.3. The fourth-order valence-corrected chi connectivity index (χ4v) is 2.46. The molecule has 3 nitrogen and oxygen atoms in total. The standard InChI is InChI=1S/C8H2Cl2F3NO2S/c9-7-4(3-14)6(17(10,15)16)2-1-5(7)8(11,12)13/h1-2H. The summed E-state index contributed by atoms with van der Waals surface area (Å²) in [6, 6.07) is 2.34. The Hall–Kier alpha value is -0.970. The van der Waals surface area contributed by atoms with Crippen molar-refractivity contribution < 1.29 is 21.6 Å². The molecular formula is C8H2Cl2F3NO2S. The first-order valence-corrected chi connectivity index (χ1v) is 6.52. The lowest BCUT2D eigenvalue weighted by atomic mass is 10.1. The van der Waals surface area contributed by atoms with E-state index in [1.165, 1.54) is 6.07 Å². The lowest BCUT2D eigenvalue weighted by Crippen LogP contribution is -2.08. The Bertz CT molecular complexity index is 604. The van der Waals surface area contributed by atoms with Crippen LogP contribution in [0, 0.1) is 11.3 Å². The SMILES string of the molecule is N#Cc1c(S(=O)(=O)Cl)ccc(C(F)(F)F)c1Cl. The molecule has 0 aliphatic rings. The highest BCUT2D eigenvalue weighted by molar-refractivity contribution is 8.13. The van der Waals surface area contributed by atoms with Gasteiger partial charge in [0, 0.05) is 10.7 Å². The van der Waals surface area contributed by atoms with E-state index >= 15 is 0 Å². The van der Waals surface area contributed by atoms with Gasteiger partial charge in [0.2, 0.25) is 0 Å². The average Bonchev–Trinajstić information content (AvgIpc) is 2.13. The molecule has 0 aliphatic carbocycles. The molecule has 0 saturated carbocycles. The van der Waals surface area contributed by atoms with Crippen molar-refractivity contribution in [1.82, 2.24) is 0 Å². The van der Waals surface area contributed by atoms with Gasteiger partial charge in [-0.25, -0.2) is 8.42 Å². The molecule has 0 bridgehead atoms. The lowest BCUT2D eigenvalue weighted by molar-refractivity contribution is -0.137. The molecule has 9 heteroatoms. The van der Waals surface area contributed by atoms with Crippen molar-refractivity contribution in [3.8, 4) is 6.07 Å². The minimum Gasteiger partial charge on any atom is -0.207 e. The first kappa shape index (κ1) is 14.1. The van der Waals surface area contributed by atoms with E-state index in [0.717, 1.165) is 0 Å². The number of benzene rings is 1. The lowest BCUT2D eigenvalue weighted by Gasteiger charge is -2.11. The van der Waals surface area contributed by atoms with Gasteiger partial charge in [-0.3, -0.25) is 0 Å². The van der Waals surface area contributed by atoms with Crippen LogP contribution in [0.1, 0.15) is 11.1 Å². The molecule has 92 valence electrons. The van der Waals surface area contributed by atoms with Gasteiger partial charge in [0.1, 0.15) is 11.0 Å². The minimum absolute atomic E-state index is 0.457. The molecule has 0 saturated heterocycles. The first-order valence-electron chi connectivity index (χ1n) is 3.83. The van der Waals surface area contributed by atoms with Gasteiger partial charge in [0.05, 0.1) is 16.1 Å². The summed E-state index contributed by atoms with van der Waals surface area (Å²) in [5.74, 6) is 0. The van der Waals surface area contributed by atoms with Crippen molar-refractivity contribution in [3.63, 3.8) is 0 Å². The zero-order chi connectivity index (χ0) is 13.4. The molecule has 1 aromatic carbocycles. The monoisotopic (exact) mass is 303 g/mol. The summed E-state index contributed by atoms with van der Waals surface area (Å²) in [4.78, 5) is -0.750. The van der Waals surface area contributed by atoms with Crippen molar-refractivity contribution in [2.45, 2.75) is 11.1 Å². The second-order valence-electron chi connectivity index (χ2n) is 2.85. The van der Waals surface area contributed by atoms with Crippen molar-refractivity contribution >= 4 is 31.3 Å².